The lowest BCUT2D eigenvalue weighted by Crippen LogP contribution is -2.48. The summed E-state index contributed by atoms with van der Waals surface area (Å²) in [4.78, 5) is 12.0. The van der Waals surface area contributed by atoms with Crippen LogP contribution < -0.4 is 15.4 Å². The van der Waals surface area contributed by atoms with Gasteiger partial charge >= 0.3 is 0 Å². The Labute approximate surface area is 206 Å². The zero-order valence-corrected chi connectivity index (χ0v) is 19.7. The number of halogens is 2. The third-order valence-corrected chi connectivity index (χ3v) is 7.33. The zero-order valence-electron chi connectivity index (χ0n) is 19.7. The van der Waals surface area contributed by atoms with Crippen LogP contribution in [0.15, 0.2) is 48.8 Å². The summed E-state index contributed by atoms with van der Waals surface area (Å²) in [5.41, 5.74) is 8.88. The monoisotopic (exact) mass is 486 g/mol. The molecule has 6 rings (SSSR count). The molecule has 4 heterocycles. The van der Waals surface area contributed by atoms with Crippen molar-refractivity contribution in [3.63, 3.8) is 0 Å². The lowest BCUT2D eigenvalue weighted by Gasteiger charge is -2.39. The van der Waals surface area contributed by atoms with Crippen LogP contribution in [0.2, 0.25) is 0 Å². The maximum Gasteiger partial charge on any atom is 0.212 e. The smallest absolute Gasteiger partial charge is 0.212 e. The Morgan fingerprint density at radius 2 is 1.78 bits per heavy atom. The lowest BCUT2D eigenvalue weighted by molar-refractivity contribution is 0.386. The van der Waals surface area contributed by atoms with Gasteiger partial charge in [-0.3, -0.25) is 4.40 Å². The van der Waals surface area contributed by atoms with Crippen molar-refractivity contribution < 1.29 is 13.5 Å². The molecule has 0 radical (unpaired) electrons. The van der Waals surface area contributed by atoms with Gasteiger partial charge in [0.1, 0.15) is 17.5 Å². The van der Waals surface area contributed by atoms with Crippen LogP contribution in [0.1, 0.15) is 31.2 Å². The number of nitrogens with zero attached hydrogens (tertiary/aromatic N) is 5. The van der Waals surface area contributed by atoms with E-state index in [4.69, 9.17) is 15.5 Å². The third-order valence-electron chi connectivity index (χ3n) is 7.33. The average molecular weight is 487 g/mol. The normalized spacial score (nSPS) is 21.1. The Bertz CT molecular complexity index is 1510. The summed E-state index contributed by atoms with van der Waals surface area (Å²) in [6, 6.07) is 11.6. The predicted molar refractivity (Wildman–Crippen MR) is 132 cm³/mol. The second-order valence-corrected chi connectivity index (χ2v) is 9.44. The molecule has 0 aliphatic carbocycles. The van der Waals surface area contributed by atoms with E-state index in [1.54, 1.807) is 24.4 Å². The van der Waals surface area contributed by atoms with Crippen molar-refractivity contribution in [2.75, 3.05) is 12.0 Å². The van der Waals surface area contributed by atoms with Crippen LogP contribution in [0.3, 0.4) is 0 Å². The van der Waals surface area contributed by atoms with E-state index in [1.807, 2.05) is 16.7 Å². The number of methoxy groups -OCH3 is 1. The molecule has 2 aromatic heterocycles. The fourth-order valence-electron chi connectivity index (χ4n) is 5.74. The molecule has 2 aromatic carbocycles. The molecule has 2 aliphatic heterocycles. The molecule has 0 amide bonds. The highest BCUT2D eigenvalue weighted by atomic mass is 19.1. The summed E-state index contributed by atoms with van der Waals surface area (Å²) >= 11 is 0. The number of anilines is 1. The molecule has 36 heavy (non-hydrogen) atoms. The largest absolute Gasteiger partial charge is 0.494 e. The van der Waals surface area contributed by atoms with Gasteiger partial charge in [0.25, 0.3) is 0 Å². The van der Waals surface area contributed by atoms with Crippen molar-refractivity contribution in [1.29, 1.82) is 5.26 Å². The van der Waals surface area contributed by atoms with E-state index in [2.05, 4.69) is 9.88 Å². The van der Waals surface area contributed by atoms with Crippen LogP contribution in [-0.2, 0) is 0 Å². The summed E-state index contributed by atoms with van der Waals surface area (Å²) in [6.07, 6.45) is 7.34. The third kappa shape index (κ3) is 3.48. The molecule has 2 fully saturated rings. The van der Waals surface area contributed by atoms with Gasteiger partial charge in [-0.2, -0.15) is 5.26 Å². The molecule has 2 N–H and O–H groups in total. The molecule has 0 saturated carbocycles. The molecular formula is C27H24F2N6O. The number of benzene rings is 2. The molecule has 2 unspecified atom stereocenters. The second kappa shape index (κ2) is 8.57. The van der Waals surface area contributed by atoms with Gasteiger partial charge in [-0.1, -0.05) is 12.1 Å². The first kappa shape index (κ1) is 22.4. The molecule has 9 heteroatoms. The fourth-order valence-corrected chi connectivity index (χ4v) is 5.74. The van der Waals surface area contributed by atoms with Gasteiger partial charge in [0.05, 0.1) is 23.9 Å². The van der Waals surface area contributed by atoms with E-state index in [1.165, 1.54) is 25.3 Å². The first-order valence-corrected chi connectivity index (χ1v) is 11.9. The number of hydrogen-bond acceptors (Lipinski definition) is 6. The molecular weight excluding hydrogens is 462 g/mol. The fraction of sp³-hybridized carbons (Fsp3) is 0.296. The standard InChI is InChI=1S/C27H24F2N6O/c1-36-23-7-4-15(10-22(23)29)24-25(16-2-3-17(14-30)21(28)11-16)33-27(34-9-8-32-26(24)34)35-19-5-6-20(35)13-18(31)12-19/h2-4,7-11,18-20H,5-6,12-13,31H2,1H3. The van der Waals surface area contributed by atoms with E-state index in [9.17, 15) is 14.0 Å². The van der Waals surface area contributed by atoms with Crippen LogP contribution in [0, 0.1) is 23.0 Å². The molecule has 2 aliphatic rings. The minimum Gasteiger partial charge on any atom is -0.494 e. The van der Waals surface area contributed by atoms with E-state index in [0.717, 1.165) is 25.7 Å². The van der Waals surface area contributed by atoms with E-state index in [-0.39, 0.29) is 29.4 Å². The van der Waals surface area contributed by atoms with Crippen molar-refractivity contribution in [2.45, 2.75) is 43.8 Å². The number of hydrogen-bond donors (Lipinski definition) is 1. The van der Waals surface area contributed by atoms with Gasteiger partial charge in [0, 0.05) is 36.1 Å². The number of aromatic nitrogens is 3. The van der Waals surface area contributed by atoms with Gasteiger partial charge < -0.3 is 15.4 Å². The first-order chi connectivity index (χ1) is 17.5. The Hall–Kier alpha value is -4.03. The maximum absolute atomic E-state index is 14.8. The number of rotatable bonds is 4. The molecule has 2 bridgehead atoms. The van der Waals surface area contributed by atoms with Crippen molar-refractivity contribution in [2.24, 2.45) is 5.73 Å². The highest BCUT2D eigenvalue weighted by Crippen LogP contribution is 2.42. The van der Waals surface area contributed by atoms with Crippen LogP contribution >= 0.6 is 0 Å². The summed E-state index contributed by atoms with van der Waals surface area (Å²) in [7, 11) is 1.41. The van der Waals surface area contributed by atoms with Crippen molar-refractivity contribution in [1.82, 2.24) is 14.4 Å². The van der Waals surface area contributed by atoms with E-state index >= 15 is 0 Å². The van der Waals surface area contributed by atoms with Crippen molar-refractivity contribution in [3.8, 4) is 34.2 Å². The quantitative estimate of drug-likeness (QED) is 0.450. The van der Waals surface area contributed by atoms with Gasteiger partial charge in [0.2, 0.25) is 5.95 Å². The maximum atomic E-state index is 14.8. The van der Waals surface area contributed by atoms with Crippen LogP contribution in [0.4, 0.5) is 14.7 Å². The predicted octanol–water partition coefficient (Wildman–Crippen LogP) is 4.68. The van der Waals surface area contributed by atoms with Crippen LogP contribution in [-0.4, -0.2) is 39.6 Å². The van der Waals surface area contributed by atoms with E-state index < -0.39 is 11.6 Å². The highest BCUT2D eigenvalue weighted by molar-refractivity contribution is 5.91. The minimum absolute atomic E-state index is 0.0547. The molecule has 2 atom stereocenters. The summed E-state index contributed by atoms with van der Waals surface area (Å²) in [5, 5.41) is 9.22. The van der Waals surface area contributed by atoms with Crippen LogP contribution in [0.5, 0.6) is 5.75 Å². The molecule has 2 saturated heterocycles. The Morgan fingerprint density at radius 1 is 1.06 bits per heavy atom. The highest BCUT2D eigenvalue weighted by Gasteiger charge is 2.41. The van der Waals surface area contributed by atoms with Gasteiger partial charge in [0.15, 0.2) is 11.6 Å². The van der Waals surface area contributed by atoms with Crippen molar-refractivity contribution in [3.05, 3.63) is 66.0 Å². The lowest BCUT2D eigenvalue weighted by atomic mass is 9.97. The van der Waals surface area contributed by atoms with Gasteiger partial charge in [-0.05, 0) is 55.5 Å². The van der Waals surface area contributed by atoms with Crippen LogP contribution in [0.25, 0.3) is 28.0 Å². The summed E-state index contributed by atoms with van der Waals surface area (Å²) in [6.45, 7) is 0. The average Bonchev–Trinajstić information content (AvgIpc) is 3.46. The molecule has 0 spiro atoms. The number of ether oxygens (including phenoxy) is 1. The Morgan fingerprint density at radius 3 is 2.44 bits per heavy atom. The molecule has 4 aromatic rings. The number of piperidine rings is 1. The number of imidazole rings is 1. The second-order valence-electron chi connectivity index (χ2n) is 9.44. The number of nitrogens with two attached hydrogens (primary N) is 1. The topological polar surface area (TPSA) is 92.5 Å². The summed E-state index contributed by atoms with van der Waals surface area (Å²) in [5.74, 6) is -0.337. The van der Waals surface area contributed by atoms with Gasteiger partial charge in [-0.15, -0.1) is 0 Å². The van der Waals surface area contributed by atoms with E-state index in [0.29, 0.717) is 34.0 Å². The molecule has 7 nitrogen and oxygen atoms in total. The van der Waals surface area contributed by atoms with Crippen molar-refractivity contribution >= 4 is 11.6 Å². The Balaban J connectivity index is 1.63. The first-order valence-electron chi connectivity index (χ1n) is 11.9. The van der Waals surface area contributed by atoms with Gasteiger partial charge in [-0.25, -0.2) is 18.7 Å². The number of nitriles is 1. The Kier molecular flexibility index (Phi) is 5.34. The molecule has 182 valence electrons. The summed E-state index contributed by atoms with van der Waals surface area (Å²) < 4.78 is 36.5. The SMILES string of the molecule is COc1ccc(-c2c(-c3ccc(C#N)c(F)c3)nc(N3C4CCC3CC(N)C4)n3ccnc23)cc1F. The minimum atomic E-state index is -0.641. The zero-order chi connectivity index (χ0) is 25.0. The number of fused-ring (bicyclic) bond motifs is 3.